The van der Waals surface area contributed by atoms with Crippen LogP contribution < -0.4 is 5.32 Å². The molecule has 0 bridgehead atoms. The first kappa shape index (κ1) is 15.0. The number of nitrogens with one attached hydrogen (secondary N) is 1. The molecule has 1 aromatic heterocycles. The fourth-order valence-electron chi connectivity index (χ4n) is 1.51. The number of hydrogen-bond donors (Lipinski definition) is 1. The van der Waals surface area contributed by atoms with Crippen LogP contribution in [0, 0.1) is 11.3 Å². The van der Waals surface area contributed by atoms with Gasteiger partial charge in [-0.3, -0.25) is 9.78 Å². The second-order valence-electron chi connectivity index (χ2n) is 3.84. The molecule has 102 valence electrons. The maximum atomic E-state index is 12.7. The fraction of sp³-hybridized carbons (Fsp3) is 0.417. The van der Waals surface area contributed by atoms with Crippen molar-refractivity contribution in [2.45, 2.75) is 32.0 Å². The van der Waals surface area contributed by atoms with Crippen LogP contribution in [0.2, 0.25) is 0 Å². The highest BCUT2D eigenvalue weighted by molar-refractivity contribution is 5.95. The molecule has 1 atom stereocenters. The summed E-state index contributed by atoms with van der Waals surface area (Å²) in [5.41, 5.74) is -1.83. The molecule has 1 aromatic rings. The highest BCUT2D eigenvalue weighted by atomic mass is 19.4. The summed E-state index contributed by atoms with van der Waals surface area (Å²) >= 11 is 0. The average molecular weight is 271 g/mol. The lowest BCUT2D eigenvalue weighted by atomic mass is 10.1. The first-order valence-electron chi connectivity index (χ1n) is 5.62. The van der Waals surface area contributed by atoms with Crippen molar-refractivity contribution in [1.82, 2.24) is 10.3 Å². The van der Waals surface area contributed by atoms with E-state index in [1.807, 2.05) is 13.0 Å². The summed E-state index contributed by atoms with van der Waals surface area (Å²) in [7, 11) is 0. The van der Waals surface area contributed by atoms with Gasteiger partial charge >= 0.3 is 6.18 Å². The van der Waals surface area contributed by atoms with Crippen LogP contribution in [-0.4, -0.2) is 16.9 Å². The molecule has 0 fully saturated rings. The molecule has 0 saturated heterocycles. The summed E-state index contributed by atoms with van der Waals surface area (Å²) in [6.45, 7) is 1.81. The van der Waals surface area contributed by atoms with Gasteiger partial charge in [0, 0.05) is 6.20 Å². The van der Waals surface area contributed by atoms with Gasteiger partial charge in [0.1, 0.15) is 6.04 Å². The second-order valence-corrected chi connectivity index (χ2v) is 3.84. The quantitative estimate of drug-likeness (QED) is 0.915. The molecule has 1 amide bonds. The van der Waals surface area contributed by atoms with Crippen LogP contribution in [-0.2, 0) is 6.18 Å². The second kappa shape index (κ2) is 6.18. The number of rotatable bonds is 4. The number of nitriles is 1. The third-order valence-corrected chi connectivity index (χ3v) is 2.36. The monoisotopic (exact) mass is 271 g/mol. The van der Waals surface area contributed by atoms with Crippen molar-refractivity contribution in [3.8, 4) is 6.07 Å². The number of alkyl halides is 3. The predicted molar refractivity (Wildman–Crippen MR) is 61.0 cm³/mol. The van der Waals surface area contributed by atoms with E-state index < -0.39 is 29.4 Å². The minimum absolute atomic E-state index is 0.379. The molecular weight excluding hydrogens is 259 g/mol. The Bertz CT molecular complexity index is 494. The summed E-state index contributed by atoms with van der Waals surface area (Å²) in [5.74, 6) is -0.944. The molecule has 0 aliphatic heterocycles. The molecule has 0 aliphatic rings. The zero-order valence-electron chi connectivity index (χ0n) is 10.2. The normalized spacial score (nSPS) is 12.6. The first-order chi connectivity index (χ1) is 8.90. The van der Waals surface area contributed by atoms with Gasteiger partial charge in [-0.2, -0.15) is 18.4 Å². The van der Waals surface area contributed by atoms with E-state index in [0.29, 0.717) is 12.8 Å². The summed E-state index contributed by atoms with van der Waals surface area (Å²) in [6.07, 6.45) is -2.73. The SMILES string of the molecule is CCC[C@H](C#N)NC(=O)c1cccnc1C(F)(F)F. The van der Waals surface area contributed by atoms with Crippen LogP contribution in [0.3, 0.4) is 0 Å². The topological polar surface area (TPSA) is 65.8 Å². The number of carbonyl (C=O) groups is 1. The lowest BCUT2D eigenvalue weighted by Gasteiger charge is -2.13. The Morgan fingerprint density at radius 1 is 1.58 bits per heavy atom. The molecule has 0 aliphatic carbocycles. The highest BCUT2D eigenvalue weighted by Gasteiger charge is 2.37. The van der Waals surface area contributed by atoms with Gasteiger partial charge in [0.2, 0.25) is 0 Å². The van der Waals surface area contributed by atoms with E-state index in [1.54, 1.807) is 0 Å². The number of nitrogens with zero attached hydrogens (tertiary/aromatic N) is 2. The van der Waals surface area contributed by atoms with E-state index in [1.165, 1.54) is 6.07 Å². The van der Waals surface area contributed by atoms with Gasteiger partial charge in [-0.05, 0) is 18.6 Å². The van der Waals surface area contributed by atoms with Crippen molar-refractivity contribution in [2.75, 3.05) is 0 Å². The van der Waals surface area contributed by atoms with Crippen LogP contribution in [0.4, 0.5) is 13.2 Å². The van der Waals surface area contributed by atoms with E-state index in [4.69, 9.17) is 5.26 Å². The summed E-state index contributed by atoms with van der Waals surface area (Å²) in [4.78, 5) is 14.9. The van der Waals surface area contributed by atoms with Crippen LogP contribution in [0.1, 0.15) is 35.8 Å². The van der Waals surface area contributed by atoms with Gasteiger partial charge in [-0.15, -0.1) is 0 Å². The zero-order chi connectivity index (χ0) is 14.5. The number of hydrogen-bond acceptors (Lipinski definition) is 3. The van der Waals surface area contributed by atoms with Crippen molar-refractivity contribution >= 4 is 5.91 Å². The lowest BCUT2D eigenvalue weighted by Crippen LogP contribution is -2.35. The maximum absolute atomic E-state index is 12.7. The molecule has 7 heteroatoms. The maximum Gasteiger partial charge on any atom is 0.434 e. The molecule has 0 spiro atoms. The van der Waals surface area contributed by atoms with Gasteiger partial charge < -0.3 is 5.32 Å². The Morgan fingerprint density at radius 3 is 2.79 bits per heavy atom. The molecule has 4 nitrogen and oxygen atoms in total. The molecule has 0 radical (unpaired) electrons. The lowest BCUT2D eigenvalue weighted by molar-refractivity contribution is -0.141. The Morgan fingerprint density at radius 2 is 2.26 bits per heavy atom. The Hall–Kier alpha value is -2.10. The zero-order valence-corrected chi connectivity index (χ0v) is 10.2. The van der Waals surface area contributed by atoms with Gasteiger partial charge in [0.05, 0.1) is 11.6 Å². The minimum Gasteiger partial charge on any atom is -0.336 e. The molecule has 0 unspecified atom stereocenters. The predicted octanol–water partition coefficient (Wildman–Crippen LogP) is 2.52. The molecule has 1 rings (SSSR count). The number of halogens is 3. The van der Waals surface area contributed by atoms with Gasteiger partial charge in [0.25, 0.3) is 5.91 Å². The van der Waals surface area contributed by atoms with Gasteiger partial charge in [-0.25, -0.2) is 0 Å². The van der Waals surface area contributed by atoms with E-state index in [2.05, 4.69) is 10.3 Å². The third kappa shape index (κ3) is 3.95. The van der Waals surface area contributed by atoms with Crippen LogP contribution in [0.5, 0.6) is 0 Å². The summed E-state index contributed by atoms with van der Waals surface area (Å²) in [5, 5.41) is 11.0. The number of pyridine rings is 1. The highest BCUT2D eigenvalue weighted by Crippen LogP contribution is 2.29. The molecular formula is C12H12F3N3O. The number of aromatic nitrogens is 1. The largest absolute Gasteiger partial charge is 0.434 e. The standard InChI is InChI=1S/C12H12F3N3O/c1-2-4-8(7-16)18-11(19)9-5-3-6-17-10(9)12(13,14)15/h3,5-6,8H,2,4H2,1H3,(H,18,19)/t8-/m1/s1. The summed E-state index contributed by atoms with van der Waals surface area (Å²) < 4.78 is 38.0. The third-order valence-electron chi connectivity index (χ3n) is 2.36. The van der Waals surface area contributed by atoms with Crippen molar-refractivity contribution < 1.29 is 18.0 Å². The van der Waals surface area contributed by atoms with Crippen molar-refractivity contribution in [2.24, 2.45) is 0 Å². The van der Waals surface area contributed by atoms with E-state index in [-0.39, 0.29) is 0 Å². The molecule has 19 heavy (non-hydrogen) atoms. The summed E-state index contributed by atoms with van der Waals surface area (Å²) in [6, 6.07) is 3.30. The molecule has 1 N–H and O–H groups in total. The van der Waals surface area contributed by atoms with E-state index in [9.17, 15) is 18.0 Å². The van der Waals surface area contributed by atoms with Crippen molar-refractivity contribution in [3.63, 3.8) is 0 Å². The smallest absolute Gasteiger partial charge is 0.336 e. The Kier molecular flexibility index (Phi) is 4.87. The van der Waals surface area contributed by atoms with Crippen LogP contribution in [0.15, 0.2) is 18.3 Å². The van der Waals surface area contributed by atoms with E-state index in [0.717, 1.165) is 12.3 Å². The van der Waals surface area contributed by atoms with Crippen molar-refractivity contribution in [3.05, 3.63) is 29.6 Å². The molecule has 0 aromatic carbocycles. The average Bonchev–Trinajstić information content (AvgIpc) is 2.37. The Balaban J connectivity index is 2.98. The van der Waals surface area contributed by atoms with Crippen LogP contribution in [0.25, 0.3) is 0 Å². The molecule has 0 saturated carbocycles. The van der Waals surface area contributed by atoms with Gasteiger partial charge in [-0.1, -0.05) is 13.3 Å². The number of amides is 1. The minimum atomic E-state index is -4.71. The van der Waals surface area contributed by atoms with Crippen LogP contribution >= 0.6 is 0 Å². The Labute approximate surface area is 108 Å². The van der Waals surface area contributed by atoms with Gasteiger partial charge in [0.15, 0.2) is 5.69 Å². The van der Waals surface area contributed by atoms with E-state index >= 15 is 0 Å². The molecule has 1 heterocycles. The van der Waals surface area contributed by atoms with Crippen molar-refractivity contribution in [1.29, 1.82) is 5.26 Å². The first-order valence-corrected chi connectivity index (χ1v) is 5.62. The number of carbonyl (C=O) groups excluding carboxylic acids is 1. The fourth-order valence-corrected chi connectivity index (χ4v) is 1.51.